The van der Waals surface area contributed by atoms with Crippen LogP contribution in [0, 0.1) is 6.92 Å². The number of hydrogen-bond donors (Lipinski definition) is 0. The van der Waals surface area contributed by atoms with Crippen molar-refractivity contribution >= 4 is 23.5 Å². The van der Waals surface area contributed by atoms with Gasteiger partial charge < -0.3 is 4.74 Å². The quantitative estimate of drug-likeness (QED) is 0.421. The number of ether oxygens (including phenoxy) is 1. The summed E-state index contributed by atoms with van der Waals surface area (Å²) in [5.74, 6) is 0.352. The van der Waals surface area contributed by atoms with Crippen molar-refractivity contribution in [3.63, 3.8) is 0 Å². The van der Waals surface area contributed by atoms with Gasteiger partial charge in [0.15, 0.2) is 5.78 Å². The van der Waals surface area contributed by atoms with Crippen LogP contribution in [0.25, 0.3) is 6.08 Å². The number of carbonyl (C=O) groups is 1. The van der Waals surface area contributed by atoms with E-state index in [1.54, 1.807) is 30.4 Å². The number of carbonyl (C=O) groups excluding carboxylic acids is 1. The summed E-state index contributed by atoms with van der Waals surface area (Å²) < 4.78 is 5.50. The molecule has 0 aliphatic carbocycles. The molecule has 0 saturated heterocycles. The van der Waals surface area contributed by atoms with Gasteiger partial charge in [0.2, 0.25) is 0 Å². The molecular formula is C19H17ClO2. The second-order valence-electron chi connectivity index (χ2n) is 4.85. The van der Waals surface area contributed by atoms with Gasteiger partial charge in [-0.1, -0.05) is 60.2 Å². The highest BCUT2D eigenvalue weighted by atomic mass is 35.5. The summed E-state index contributed by atoms with van der Waals surface area (Å²) in [6, 6.07) is 12.9. The molecule has 0 aliphatic rings. The van der Waals surface area contributed by atoms with Gasteiger partial charge in [-0.2, -0.15) is 0 Å². The molecule has 0 fully saturated rings. The maximum Gasteiger partial charge on any atom is 0.189 e. The van der Waals surface area contributed by atoms with E-state index in [4.69, 9.17) is 16.3 Å². The molecule has 2 aromatic carbocycles. The van der Waals surface area contributed by atoms with Gasteiger partial charge in [-0.15, -0.1) is 0 Å². The lowest BCUT2D eigenvalue weighted by atomic mass is 10.1. The lowest BCUT2D eigenvalue weighted by molar-refractivity contribution is 0.104. The number of halogens is 1. The maximum absolute atomic E-state index is 12.4. The zero-order valence-electron chi connectivity index (χ0n) is 12.4. The molecular weight excluding hydrogens is 296 g/mol. The van der Waals surface area contributed by atoms with Crippen LogP contribution in [0.2, 0.25) is 5.02 Å². The fourth-order valence-corrected chi connectivity index (χ4v) is 2.08. The van der Waals surface area contributed by atoms with Gasteiger partial charge in [-0.25, -0.2) is 0 Å². The van der Waals surface area contributed by atoms with E-state index in [0.717, 1.165) is 5.56 Å². The minimum Gasteiger partial charge on any atom is -0.489 e. The van der Waals surface area contributed by atoms with Crippen LogP contribution in [0.15, 0.2) is 61.2 Å². The number of rotatable bonds is 6. The summed E-state index contributed by atoms with van der Waals surface area (Å²) >= 11 is 5.98. The lowest BCUT2D eigenvalue weighted by Crippen LogP contribution is -2.02. The Hall–Kier alpha value is -2.32. The minimum atomic E-state index is -0.151. The number of ketones is 1. The third kappa shape index (κ3) is 4.34. The predicted molar refractivity (Wildman–Crippen MR) is 91.7 cm³/mol. The first kappa shape index (κ1) is 16.1. The fraction of sp³-hybridized carbons (Fsp3) is 0.105. The Morgan fingerprint density at radius 2 is 1.95 bits per heavy atom. The molecule has 0 unspecified atom stereocenters. The summed E-state index contributed by atoms with van der Waals surface area (Å²) in [5, 5.41) is 0.498. The van der Waals surface area contributed by atoms with Gasteiger partial charge in [0.1, 0.15) is 12.4 Å². The molecule has 0 aliphatic heterocycles. The third-order valence-corrected chi connectivity index (χ3v) is 3.30. The van der Waals surface area contributed by atoms with E-state index in [2.05, 4.69) is 6.58 Å². The smallest absolute Gasteiger partial charge is 0.189 e. The van der Waals surface area contributed by atoms with Gasteiger partial charge in [0.05, 0.1) is 5.56 Å². The van der Waals surface area contributed by atoms with Crippen molar-refractivity contribution in [2.75, 3.05) is 6.61 Å². The largest absolute Gasteiger partial charge is 0.489 e. The topological polar surface area (TPSA) is 26.3 Å². The molecule has 2 rings (SSSR count). The van der Waals surface area contributed by atoms with Gasteiger partial charge in [0.25, 0.3) is 0 Å². The van der Waals surface area contributed by atoms with E-state index >= 15 is 0 Å². The maximum atomic E-state index is 12.4. The van der Waals surface area contributed by atoms with Crippen molar-refractivity contribution in [2.45, 2.75) is 6.92 Å². The lowest BCUT2D eigenvalue weighted by Gasteiger charge is -2.08. The van der Waals surface area contributed by atoms with Crippen LogP contribution in [0.1, 0.15) is 21.5 Å². The molecule has 2 nitrogen and oxygen atoms in total. The highest BCUT2D eigenvalue weighted by molar-refractivity contribution is 6.31. The summed E-state index contributed by atoms with van der Waals surface area (Å²) in [6.45, 7) is 5.96. The normalized spacial score (nSPS) is 10.6. The molecule has 2 aromatic rings. The fourth-order valence-electron chi connectivity index (χ4n) is 1.91. The monoisotopic (exact) mass is 312 g/mol. The van der Waals surface area contributed by atoms with Crippen LogP contribution in [0.3, 0.4) is 0 Å². The highest BCUT2D eigenvalue weighted by Gasteiger charge is 2.10. The summed E-state index contributed by atoms with van der Waals surface area (Å²) in [6.07, 6.45) is 4.93. The van der Waals surface area contributed by atoms with Crippen LogP contribution < -0.4 is 4.74 Å². The van der Waals surface area contributed by atoms with Crippen LogP contribution in [0.5, 0.6) is 5.75 Å². The first-order valence-corrected chi connectivity index (χ1v) is 7.30. The van der Waals surface area contributed by atoms with Gasteiger partial charge in [-0.3, -0.25) is 4.79 Å². The molecule has 0 saturated carbocycles. The van der Waals surface area contributed by atoms with E-state index in [1.807, 2.05) is 31.2 Å². The Balaban J connectivity index is 2.22. The third-order valence-electron chi connectivity index (χ3n) is 3.07. The zero-order chi connectivity index (χ0) is 15.9. The van der Waals surface area contributed by atoms with Gasteiger partial charge in [-0.05, 0) is 36.8 Å². The van der Waals surface area contributed by atoms with E-state index in [0.29, 0.717) is 22.9 Å². The number of benzene rings is 2. The summed E-state index contributed by atoms with van der Waals surface area (Å²) in [5.41, 5.74) is 2.59. The number of aryl methyl sites for hydroxylation is 1. The molecule has 112 valence electrons. The average molecular weight is 313 g/mol. The number of allylic oxidation sites excluding steroid dienone is 1. The van der Waals surface area contributed by atoms with Gasteiger partial charge >= 0.3 is 0 Å². The molecule has 0 bridgehead atoms. The van der Waals surface area contributed by atoms with Crippen molar-refractivity contribution in [1.82, 2.24) is 0 Å². The van der Waals surface area contributed by atoms with Crippen LogP contribution in [0.4, 0.5) is 0 Å². The molecule has 3 heteroatoms. The van der Waals surface area contributed by atoms with E-state index in [1.165, 1.54) is 11.6 Å². The summed E-state index contributed by atoms with van der Waals surface area (Å²) in [4.78, 5) is 12.4. The number of hydrogen-bond acceptors (Lipinski definition) is 2. The SMILES string of the molecule is C=CCOc1ccc(Cl)cc1C(=O)/C=C/c1ccc(C)cc1. The van der Waals surface area contributed by atoms with Crippen LogP contribution in [-0.4, -0.2) is 12.4 Å². The molecule has 0 spiro atoms. The summed E-state index contributed by atoms with van der Waals surface area (Å²) in [7, 11) is 0. The molecule has 0 heterocycles. The Kier molecular flexibility index (Phi) is 5.56. The minimum absolute atomic E-state index is 0.151. The van der Waals surface area contributed by atoms with Crippen molar-refractivity contribution in [2.24, 2.45) is 0 Å². The van der Waals surface area contributed by atoms with E-state index in [-0.39, 0.29) is 5.78 Å². The Labute approximate surface area is 135 Å². The first-order chi connectivity index (χ1) is 10.6. The Bertz CT molecular complexity index is 700. The Morgan fingerprint density at radius 1 is 1.23 bits per heavy atom. The van der Waals surface area contributed by atoms with E-state index < -0.39 is 0 Å². The second kappa shape index (κ2) is 7.62. The van der Waals surface area contributed by atoms with Crippen LogP contribution in [-0.2, 0) is 0 Å². The Morgan fingerprint density at radius 3 is 2.64 bits per heavy atom. The zero-order valence-corrected chi connectivity index (χ0v) is 13.1. The molecule has 0 N–H and O–H groups in total. The molecule has 22 heavy (non-hydrogen) atoms. The predicted octanol–water partition coefficient (Wildman–Crippen LogP) is 5.11. The second-order valence-corrected chi connectivity index (χ2v) is 5.28. The van der Waals surface area contributed by atoms with Gasteiger partial charge in [0, 0.05) is 5.02 Å². The highest BCUT2D eigenvalue weighted by Crippen LogP contribution is 2.24. The molecule has 0 amide bonds. The average Bonchev–Trinajstić information content (AvgIpc) is 2.53. The van der Waals surface area contributed by atoms with Crippen molar-refractivity contribution in [1.29, 1.82) is 0 Å². The van der Waals surface area contributed by atoms with Crippen molar-refractivity contribution < 1.29 is 9.53 Å². The molecule has 0 atom stereocenters. The van der Waals surface area contributed by atoms with Crippen LogP contribution >= 0.6 is 11.6 Å². The molecule has 0 aromatic heterocycles. The van der Waals surface area contributed by atoms with E-state index in [9.17, 15) is 4.79 Å². The van der Waals surface area contributed by atoms with Crippen molar-refractivity contribution in [3.8, 4) is 5.75 Å². The van der Waals surface area contributed by atoms with Crippen molar-refractivity contribution in [3.05, 3.63) is 82.9 Å². The standard InChI is InChI=1S/C19H17ClO2/c1-3-12-22-19-11-9-16(20)13-17(19)18(21)10-8-15-6-4-14(2)5-7-15/h3-11,13H,1,12H2,2H3/b10-8+. The molecule has 0 radical (unpaired) electrons. The first-order valence-electron chi connectivity index (χ1n) is 6.92.